The van der Waals surface area contributed by atoms with Crippen LogP contribution in [0.3, 0.4) is 0 Å². The van der Waals surface area contributed by atoms with Crippen molar-refractivity contribution in [3.05, 3.63) is 29.3 Å². The first-order valence-corrected chi connectivity index (χ1v) is 11.1. The number of benzene rings is 1. The quantitative estimate of drug-likeness (QED) is 0.143. The third-order valence-electron chi connectivity index (χ3n) is 5.50. The summed E-state index contributed by atoms with van der Waals surface area (Å²) in [7, 11) is -1.08. The van der Waals surface area contributed by atoms with Gasteiger partial charge in [-0.25, -0.2) is 0 Å². The summed E-state index contributed by atoms with van der Waals surface area (Å²) < 4.78 is 5.50. The first kappa shape index (κ1) is 26.7. The lowest BCUT2D eigenvalue weighted by Crippen LogP contribution is -2.45. The smallest absolute Gasteiger partial charge is 0.423 e. The van der Waals surface area contributed by atoms with Crippen LogP contribution in [0.2, 0.25) is 0 Å². The predicted octanol–water partition coefficient (Wildman–Crippen LogP) is -2.66. The molecule has 1 unspecified atom stereocenters. The van der Waals surface area contributed by atoms with Crippen LogP contribution in [0.25, 0.3) is 0 Å². The zero-order valence-corrected chi connectivity index (χ0v) is 19.3. The monoisotopic (exact) mass is 462 g/mol. The molecule has 3 amide bonds. The van der Waals surface area contributed by atoms with Crippen LogP contribution in [-0.4, -0.2) is 80.1 Å². The van der Waals surface area contributed by atoms with Gasteiger partial charge in [0.25, 0.3) is 5.91 Å². The fraction of sp³-hybridized carbons (Fsp3) is 0.571. The van der Waals surface area contributed by atoms with E-state index in [9.17, 15) is 19.4 Å². The highest BCUT2D eigenvalue weighted by Gasteiger charge is 2.40. The number of rotatable bonds is 12. The minimum atomic E-state index is -1.08. The van der Waals surface area contributed by atoms with Crippen LogP contribution < -0.4 is 33.3 Å². The van der Waals surface area contributed by atoms with Gasteiger partial charge in [0.15, 0.2) is 0 Å². The molecule has 0 radical (unpaired) electrons. The second-order valence-electron chi connectivity index (χ2n) is 8.43. The van der Waals surface area contributed by atoms with E-state index in [-0.39, 0.29) is 37.7 Å². The number of carbonyl (C=O) groups excluding carboxylic acids is 3. The van der Waals surface area contributed by atoms with E-state index in [1.54, 1.807) is 23.1 Å². The number of hydrogen-bond donors (Lipinski definition) is 6. The molecule has 2 rings (SSSR count). The summed E-state index contributed by atoms with van der Waals surface area (Å²) in [6.45, 7) is 5.56. The fourth-order valence-electron chi connectivity index (χ4n) is 3.70. The zero-order chi connectivity index (χ0) is 24.6. The van der Waals surface area contributed by atoms with Crippen molar-refractivity contribution in [1.29, 1.82) is 0 Å². The lowest BCUT2D eigenvalue weighted by atomic mass is 9.77. The maximum Gasteiger partial charge on any atom is 0.492 e. The van der Waals surface area contributed by atoms with Crippen molar-refractivity contribution in [2.45, 2.75) is 38.3 Å². The SMILES string of the molecule is CC1(C)OB(O)c2cc(C(=O)NCCNC(=O)C(N)CCC(=O)N(CCN)CCN)ccc21. The van der Waals surface area contributed by atoms with Crippen LogP contribution in [0.1, 0.15) is 42.6 Å². The van der Waals surface area contributed by atoms with Crippen molar-refractivity contribution >= 4 is 30.3 Å². The molecule has 1 aliphatic heterocycles. The average Bonchev–Trinajstić information content (AvgIpc) is 3.01. The summed E-state index contributed by atoms with van der Waals surface area (Å²) in [6, 6.07) is 4.20. The molecule has 1 aromatic rings. The molecular weight excluding hydrogens is 427 g/mol. The molecule has 0 saturated carbocycles. The highest BCUT2D eigenvalue weighted by molar-refractivity contribution is 6.62. The van der Waals surface area contributed by atoms with E-state index < -0.39 is 24.7 Å². The molecule has 1 heterocycles. The summed E-state index contributed by atoms with van der Waals surface area (Å²) >= 11 is 0. The van der Waals surface area contributed by atoms with Crippen LogP contribution in [0.5, 0.6) is 0 Å². The first-order chi connectivity index (χ1) is 15.6. The summed E-state index contributed by atoms with van der Waals surface area (Å²) in [6.07, 6.45) is 0.314. The lowest BCUT2D eigenvalue weighted by Gasteiger charge is -2.22. The Morgan fingerprint density at radius 1 is 1.15 bits per heavy atom. The van der Waals surface area contributed by atoms with E-state index in [4.69, 9.17) is 21.9 Å². The van der Waals surface area contributed by atoms with Gasteiger partial charge >= 0.3 is 7.12 Å². The third kappa shape index (κ3) is 7.24. The Bertz CT molecular complexity index is 846. The normalized spacial score (nSPS) is 15.0. The van der Waals surface area contributed by atoms with Crippen molar-refractivity contribution in [1.82, 2.24) is 15.5 Å². The zero-order valence-electron chi connectivity index (χ0n) is 19.3. The van der Waals surface area contributed by atoms with Gasteiger partial charge in [-0.3, -0.25) is 14.4 Å². The Hall–Kier alpha value is -2.51. The number of nitrogens with one attached hydrogen (secondary N) is 2. The molecule has 0 spiro atoms. The highest BCUT2D eigenvalue weighted by atomic mass is 16.5. The van der Waals surface area contributed by atoms with Crippen molar-refractivity contribution in [3.63, 3.8) is 0 Å². The Labute approximate surface area is 194 Å². The third-order valence-corrected chi connectivity index (χ3v) is 5.50. The summed E-state index contributed by atoms with van der Waals surface area (Å²) in [4.78, 5) is 38.3. The number of hydrogen-bond acceptors (Lipinski definition) is 8. The Kier molecular flexibility index (Phi) is 9.80. The highest BCUT2D eigenvalue weighted by Crippen LogP contribution is 2.29. The molecule has 0 aliphatic carbocycles. The summed E-state index contributed by atoms with van der Waals surface area (Å²) in [5, 5.41) is 15.4. The number of nitrogens with zero attached hydrogens (tertiary/aromatic N) is 1. The van der Waals surface area contributed by atoms with E-state index >= 15 is 0 Å². The first-order valence-electron chi connectivity index (χ1n) is 11.1. The van der Waals surface area contributed by atoms with Crippen LogP contribution in [-0.2, 0) is 19.8 Å². The maximum atomic E-state index is 12.4. The molecule has 0 bridgehead atoms. The molecular formula is C21H35BN6O5. The van der Waals surface area contributed by atoms with Gasteiger partial charge in [0.1, 0.15) is 0 Å². The van der Waals surface area contributed by atoms with E-state index in [0.29, 0.717) is 37.2 Å². The minimum Gasteiger partial charge on any atom is -0.423 e. The molecule has 182 valence electrons. The van der Waals surface area contributed by atoms with Gasteiger partial charge in [0.2, 0.25) is 11.8 Å². The molecule has 12 heteroatoms. The second kappa shape index (κ2) is 12.1. The molecule has 1 aromatic carbocycles. The Morgan fingerprint density at radius 2 is 1.79 bits per heavy atom. The molecule has 0 saturated heterocycles. The molecule has 9 N–H and O–H groups in total. The van der Waals surface area contributed by atoms with E-state index in [0.717, 1.165) is 5.56 Å². The summed E-state index contributed by atoms with van der Waals surface area (Å²) in [5.41, 5.74) is 18.0. The number of carbonyl (C=O) groups is 3. The molecule has 11 nitrogen and oxygen atoms in total. The average molecular weight is 462 g/mol. The fourth-order valence-corrected chi connectivity index (χ4v) is 3.70. The molecule has 33 heavy (non-hydrogen) atoms. The van der Waals surface area contributed by atoms with Crippen LogP contribution in [0.4, 0.5) is 0 Å². The summed E-state index contributed by atoms with van der Waals surface area (Å²) in [5.74, 6) is -0.880. The van der Waals surface area contributed by atoms with Gasteiger partial charge in [-0.05, 0) is 43.4 Å². The largest absolute Gasteiger partial charge is 0.492 e. The van der Waals surface area contributed by atoms with Gasteiger partial charge in [-0.1, -0.05) is 6.07 Å². The van der Waals surface area contributed by atoms with Crippen LogP contribution in [0.15, 0.2) is 18.2 Å². The predicted molar refractivity (Wildman–Crippen MR) is 125 cm³/mol. The topological polar surface area (TPSA) is 186 Å². The molecule has 0 fully saturated rings. The van der Waals surface area contributed by atoms with Gasteiger partial charge in [-0.2, -0.15) is 0 Å². The van der Waals surface area contributed by atoms with Gasteiger partial charge in [-0.15, -0.1) is 0 Å². The minimum absolute atomic E-state index is 0.121. The van der Waals surface area contributed by atoms with Gasteiger partial charge < -0.3 is 42.4 Å². The van der Waals surface area contributed by atoms with Crippen molar-refractivity contribution in [2.24, 2.45) is 17.2 Å². The van der Waals surface area contributed by atoms with Gasteiger partial charge in [0.05, 0.1) is 11.6 Å². The van der Waals surface area contributed by atoms with Crippen molar-refractivity contribution in [3.8, 4) is 0 Å². The molecule has 1 atom stereocenters. The van der Waals surface area contributed by atoms with E-state index in [1.165, 1.54) is 0 Å². The van der Waals surface area contributed by atoms with Crippen molar-refractivity contribution in [2.75, 3.05) is 39.3 Å². The second-order valence-corrected chi connectivity index (χ2v) is 8.43. The standard InChI is InChI=1S/C21H35BN6O5/c1-21(2)15-4-3-14(13-16(15)22(32)33-21)19(30)26-9-10-27-20(31)17(25)5-6-18(29)28(11-7-23)12-8-24/h3-4,13,17,32H,5-12,23-25H2,1-2H3,(H,26,30)(H,27,31). The molecule has 1 aliphatic rings. The Balaban J connectivity index is 1.74. The van der Waals surface area contributed by atoms with E-state index in [1.807, 2.05) is 13.8 Å². The van der Waals surface area contributed by atoms with E-state index in [2.05, 4.69) is 10.6 Å². The van der Waals surface area contributed by atoms with Crippen LogP contribution >= 0.6 is 0 Å². The van der Waals surface area contributed by atoms with Gasteiger partial charge in [0, 0.05) is 51.3 Å². The Morgan fingerprint density at radius 3 is 2.42 bits per heavy atom. The number of nitrogens with two attached hydrogens (primary N) is 3. The molecule has 0 aromatic heterocycles. The maximum absolute atomic E-state index is 12.4. The van der Waals surface area contributed by atoms with Crippen LogP contribution in [0, 0.1) is 0 Å². The number of amides is 3. The lowest BCUT2D eigenvalue weighted by molar-refractivity contribution is -0.131. The van der Waals surface area contributed by atoms with Crippen molar-refractivity contribution < 1.29 is 24.1 Å². The number of fused-ring (bicyclic) bond motifs is 1.